The molecular formula is C21H26N2O3S. The Morgan fingerprint density at radius 2 is 1.89 bits per heavy atom. The van der Waals surface area contributed by atoms with Gasteiger partial charge in [0.1, 0.15) is 0 Å². The highest BCUT2D eigenvalue weighted by Crippen LogP contribution is 2.26. The van der Waals surface area contributed by atoms with Gasteiger partial charge in [0, 0.05) is 23.8 Å². The molecule has 6 heteroatoms. The van der Waals surface area contributed by atoms with Crippen LogP contribution in [0.2, 0.25) is 0 Å². The highest BCUT2D eigenvalue weighted by atomic mass is 32.2. The lowest BCUT2D eigenvalue weighted by atomic mass is 10.1. The lowest BCUT2D eigenvalue weighted by Crippen LogP contribution is -2.42. The molecule has 1 saturated heterocycles. The van der Waals surface area contributed by atoms with Crippen LogP contribution in [0.5, 0.6) is 0 Å². The van der Waals surface area contributed by atoms with Crippen LogP contribution in [-0.4, -0.2) is 31.2 Å². The summed E-state index contributed by atoms with van der Waals surface area (Å²) >= 11 is 0. The van der Waals surface area contributed by atoms with Gasteiger partial charge in [0.2, 0.25) is 10.0 Å². The van der Waals surface area contributed by atoms with Gasteiger partial charge in [0.15, 0.2) is 0 Å². The molecule has 0 saturated carbocycles. The van der Waals surface area contributed by atoms with E-state index in [1.165, 1.54) is 6.07 Å². The Bertz CT molecular complexity index is 954. The summed E-state index contributed by atoms with van der Waals surface area (Å²) in [4.78, 5) is 12.9. The fourth-order valence-corrected chi connectivity index (χ4v) is 5.22. The maximum absolute atomic E-state index is 13.1. The topological polar surface area (TPSA) is 66.5 Å². The van der Waals surface area contributed by atoms with Crippen molar-refractivity contribution in [3.8, 4) is 0 Å². The molecule has 1 heterocycles. The third-order valence-electron chi connectivity index (χ3n) is 5.08. The minimum Gasteiger partial charge on any atom is -0.322 e. The summed E-state index contributed by atoms with van der Waals surface area (Å²) in [6.45, 7) is 6.23. The highest BCUT2D eigenvalue weighted by Gasteiger charge is 2.31. The zero-order valence-corrected chi connectivity index (χ0v) is 16.8. The van der Waals surface area contributed by atoms with Crippen molar-refractivity contribution in [3.63, 3.8) is 0 Å². The van der Waals surface area contributed by atoms with Crippen LogP contribution < -0.4 is 5.32 Å². The first kappa shape index (κ1) is 19.6. The number of hydrogen-bond donors (Lipinski definition) is 1. The first-order valence-corrected chi connectivity index (χ1v) is 10.7. The molecule has 0 bridgehead atoms. The smallest absolute Gasteiger partial charge is 0.255 e. The van der Waals surface area contributed by atoms with Gasteiger partial charge in [0.25, 0.3) is 5.91 Å². The van der Waals surface area contributed by atoms with Crippen molar-refractivity contribution in [1.29, 1.82) is 0 Å². The first-order valence-electron chi connectivity index (χ1n) is 9.29. The molecule has 0 aromatic heterocycles. The maximum atomic E-state index is 13.1. The molecule has 0 spiro atoms. The Morgan fingerprint density at radius 3 is 2.59 bits per heavy atom. The third kappa shape index (κ3) is 4.22. The molecule has 2 aromatic rings. The summed E-state index contributed by atoms with van der Waals surface area (Å²) in [5.74, 6) is -0.304. The highest BCUT2D eigenvalue weighted by molar-refractivity contribution is 7.89. The summed E-state index contributed by atoms with van der Waals surface area (Å²) in [6, 6.07) is 12.3. The van der Waals surface area contributed by atoms with Crippen molar-refractivity contribution in [2.45, 2.75) is 51.0 Å². The number of amides is 1. The maximum Gasteiger partial charge on any atom is 0.255 e. The van der Waals surface area contributed by atoms with Crippen molar-refractivity contribution in [2.24, 2.45) is 0 Å². The summed E-state index contributed by atoms with van der Waals surface area (Å²) in [6.07, 6.45) is 2.78. The van der Waals surface area contributed by atoms with Crippen LogP contribution in [0.1, 0.15) is 47.7 Å². The lowest BCUT2D eigenvalue weighted by Gasteiger charge is -2.32. The molecule has 144 valence electrons. The van der Waals surface area contributed by atoms with Crippen LogP contribution in [0, 0.1) is 13.8 Å². The fourth-order valence-electron chi connectivity index (χ4n) is 3.49. The number of nitrogens with zero attached hydrogens (tertiary/aromatic N) is 1. The van der Waals surface area contributed by atoms with Crippen LogP contribution in [0.3, 0.4) is 0 Å². The van der Waals surface area contributed by atoms with Gasteiger partial charge >= 0.3 is 0 Å². The quantitative estimate of drug-likeness (QED) is 0.859. The molecule has 1 atom stereocenters. The summed E-state index contributed by atoms with van der Waals surface area (Å²) in [7, 11) is -3.61. The Morgan fingerprint density at radius 1 is 1.11 bits per heavy atom. The van der Waals surface area contributed by atoms with Gasteiger partial charge < -0.3 is 5.32 Å². The molecule has 5 nitrogen and oxygen atoms in total. The minimum absolute atomic E-state index is 0.0189. The van der Waals surface area contributed by atoms with Crippen molar-refractivity contribution >= 4 is 21.6 Å². The molecule has 1 fully saturated rings. The van der Waals surface area contributed by atoms with E-state index >= 15 is 0 Å². The van der Waals surface area contributed by atoms with E-state index < -0.39 is 10.0 Å². The van der Waals surface area contributed by atoms with Gasteiger partial charge in [-0.2, -0.15) is 4.31 Å². The molecule has 1 N–H and O–H groups in total. The fraction of sp³-hybridized carbons (Fsp3) is 0.381. The van der Waals surface area contributed by atoms with E-state index in [0.29, 0.717) is 17.8 Å². The number of aryl methyl sites for hydroxylation is 2. The van der Waals surface area contributed by atoms with Crippen LogP contribution in [-0.2, 0) is 10.0 Å². The number of carbonyl (C=O) groups excluding carboxylic acids is 1. The number of rotatable bonds is 4. The van der Waals surface area contributed by atoms with Crippen molar-refractivity contribution in [2.75, 3.05) is 11.9 Å². The van der Waals surface area contributed by atoms with Crippen LogP contribution in [0.15, 0.2) is 47.4 Å². The normalized spacial score (nSPS) is 18.3. The number of nitrogens with one attached hydrogen (secondary N) is 1. The number of anilines is 1. The Kier molecular flexibility index (Phi) is 5.67. The zero-order valence-electron chi connectivity index (χ0n) is 16.0. The summed E-state index contributed by atoms with van der Waals surface area (Å²) < 4.78 is 27.7. The van der Waals surface area contributed by atoms with Gasteiger partial charge in [-0.3, -0.25) is 4.79 Å². The van der Waals surface area contributed by atoms with Crippen LogP contribution in [0.25, 0.3) is 0 Å². The zero-order chi connectivity index (χ0) is 19.6. The van der Waals surface area contributed by atoms with Gasteiger partial charge in [-0.1, -0.05) is 24.6 Å². The van der Waals surface area contributed by atoms with E-state index in [1.54, 1.807) is 16.4 Å². The standard InChI is InChI=1S/C21H26N2O3S/c1-15-7-6-9-18(13-15)22-21(24)20-14-19(11-10-16(20)2)27(25,26)23-12-5-4-8-17(23)3/h6-7,9-11,13-14,17H,4-5,8,12H2,1-3H3,(H,22,24). The Labute approximate surface area is 161 Å². The largest absolute Gasteiger partial charge is 0.322 e. The lowest BCUT2D eigenvalue weighted by molar-refractivity contribution is 0.102. The average molecular weight is 387 g/mol. The van der Waals surface area contributed by atoms with E-state index in [1.807, 2.05) is 45.0 Å². The Balaban J connectivity index is 1.90. The van der Waals surface area contributed by atoms with Crippen molar-refractivity contribution in [3.05, 3.63) is 59.2 Å². The Hall–Kier alpha value is -2.18. The SMILES string of the molecule is Cc1cccc(NC(=O)c2cc(S(=O)(=O)N3CCCCC3C)ccc2C)c1. The second-order valence-electron chi connectivity index (χ2n) is 7.26. The van der Waals surface area contributed by atoms with Gasteiger partial charge in [0.05, 0.1) is 4.90 Å². The number of carbonyl (C=O) groups is 1. The van der Waals surface area contributed by atoms with Gasteiger partial charge in [-0.25, -0.2) is 8.42 Å². The van der Waals surface area contributed by atoms with Crippen molar-refractivity contribution < 1.29 is 13.2 Å². The third-order valence-corrected chi connectivity index (χ3v) is 7.09. The molecule has 27 heavy (non-hydrogen) atoms. The van der Waals surface area contributed by atoms with E-state index in [2.05, 4.69) is 5.32 Å². The van der Waals surface area contributed by atoms with E-state index in [-0.39, 0.29) is 16.8 Å². The average Bonchev–Trinajstić information content (AvgIpc) is 2.62. The van der Waals surface area contributed by atoms with Crippen LogP contribution in [0.4, 0.5) is 5.69 Å². The summed E-state index contributed by atoms with van der Waals surface area (Å²) in [5, 5.41) is 2.86. The van der Waals surface area contributed by atoms with Gasteiger partial charge in [-0.15, -0.1) is 0 Å². The number of piperidine rings is 1. The second kappa shape index (κ2) is 7.82. The molecule has 1 amide bonds. The predicted octanol–water partition coefficient (Wildman–Crippen LogP) is 4.12. The van der Waals surface area contributed by atoms with Crippen LogP contribution >= 0.6 is 0 Å². The molecule has 1 unspecified atom stereocenters. The second-order valence-corrected chi connectivity index (χ2v) is 9.15. The van der Waals surface area contributed by atoms with Crippen molar-refractivity contribution in [1.82, 2.24) is 4.31 Å². The van der Waals surface area contributed by atoms with E-state index in [9.17, 15) is 13.2 Å². The number of benzene rings is 2. The molecular weight excluding hydrogens is 360 g/mol. The number of sulfonamides is 1. The minimum atomic E-state index is -3.61. The van der Waals surface area contributed by atoms with E-state index in [4.69, 9.17) is 0 Å². The van der Waals surface area contributed by atoms with E-state index in [0.717, 1.165) is 30.4 Å². The molecule has 3 rings (SSSR count). The van der Waals surface area contributed by atoms with Gasteiger partial charge in [-0.05, 0) is 69.0 Å². The monoisotopic (exact) mass is 386 g/mol. The molecule has 0 radical (unpaired) electrons. The summed E-state index contributed by atoms with van der Waals surface area (Å²) in [5.41, 5.74) is 2.85. The number of hydrogen-bond acceptors (Lipinski definition) is 3. The molecule has 1 aliphatic rings. The molecule has 0 aliphatic carbocycles. The predicted molar refractivity (Wildman–Crippen MR) is 108 cm³/mol. The molecule has 1 aliphatic heterocycles. The molecule has 2 aromatic carbocycles. The first-order chi connectivity index (χ1) is 12.8.